The summed E-state index contributed by atoms with van der Waals surface area (Å²) in [5.74, 6) is 0.443. The maximum atomic E-state index is 12.1. The van der Waals surface area contributed by atoms with Crippen molar-refractivity contribution in [2.45, 2.75) is 13.5 Å². The highest BCUT2D eigenvalue weighted by Crippen LogP contribution is 2.18. The van der Waals surface area contributed by atoms with Crippen LogP contribution < -0.4 is 10.6 Å². The lowest BCUT2D eigenvalue weighted by atomic mass is 10.2. The van der Waals surface area contributed by atoms with Gasteiger partial charge >= 0.3 is 6.03 Å². The summed E-state index contributed by atoms with van der Waals surface area (Å²) >= 11 is 0. The summed E-state index contributed by atoms with van der Waals surface area (Å²) in [7, 11) is 0. The highest BCUT2D eigenvalue weighted by Gasteiger charge is 2.09. The summed E-state index contributed by atoms with van der Waals surface area (Å²) in [5.41, 5.74) is 2.57. The number of carbonyl (C=O) groups excluding carboxylic acids is 1. The van der Waals surface area contributed by atoms with Gasteiger partial charge in [0.15, 0.2) is 5.82 Å². The third kappa shape index (κ3) is 3.64. The Morgan fingerprint density at radius 3 is 2.83 bits per heavy atom. The zero-order valence-electron chi connectivity index (χ0n) is 12.7. The third-order valence-electron chi connectivity index (χ3n) is 3.28. The second-order valence-electron chi connectivity index (χ2n) is 4.91. The normalized spacial score (nSPS) is 10.7. The van der Waals surface area contributed by atoms with Crippen molar-refractivity contribution >= 4 is 28.4 Å². The number of rotatable bonds is 5. The van der Waals surface area contributed by atoms with E-state index in [1.807, 2.05) is 31.2 Å². The number of nitrogens with zero attached hydrogens (tertiary/aromatic N) is 2. The molecule has 0 aliphatic heterocycles. The number of ether oxygens (including phenoxy) is 1. The van der Waals surface area contributed by atoms with Crippen molar-refractivity contribution in [3.8, 4) is 0 Å². The Morgan fingerprint density at radius 2 is 2.04 bits per heavy atom. The molecule has 3 aromatic rings. The molecule has 0 radical (unpaired) electrons. The molecule has 0 fully saturated rings. The van der Waals surface area contributed by atoms with Crippen LogP contribution >= 0.6 is 0 Å². The van der Waals surface area contributed by atoms with E-state index in [9.17, 15) is 4.79 Å². The van der Waals surface area contributed by atoms with Gasteiger partial charge in [0.2, 0.25) is 0 Å². The fourth-order valence-corrected chi connectivity index (χ4v) is 2.13. The van der Waals surface area contributed by atoms with E-state index >= 15 is 0 Å². The van der Waals surface area contributed by atoms with Crippen molar-refractivity contribution < 1.29 is 9.53 Å². The van der Waals surface area contributed by atoms with Crippen LogP contribution in [0.2, 0.25) is 0 Å². The first-order chi connectivity index (χ1) is 11.3. The van der Waals surface area contributed by atoms with Gasteiger partial charge in [0.25, 0.3) is 0 Å². The van der Waals surface area contributed by atoms with Crippen LogP contribution in [0.4, 0.5) is 16.3 Å². The zero-order chi connectivity index (χ0) is 16.1. The summed E-state index contributed by atoms with van der Waals surface area (Å²) in [6.07, 6.45) is 3.31. The summed E-state index contributed by atoms with van der Waals surface area (Å²) in [6, 6.07) is 8.93. The van der Waals surface area contributed by atoms with Crippen LogP contribution in [-0.2, 0) is 11.3 Å². The number of benzene rings is 1. The van der Waals surface area contributed by atoms with Crippen LogP contribution in [0.15, 0.2) is 42.7 Å². The minimum Gasteiger partial charge on any atom is -0.377 e. The van der Waals surface area contributed by atoms with Crippen LogP contribution in [0.1, 0.15) is 12.5 Å². The number of aromatic nitrogens is 3. The van der Waals surface area contributed by atoms with Gasteiger partial charge in [-0.3, -0.25) is 15.4 Å². The second kappa shape index (κ2) is 6.89. The van der Waals surface area contributed by atoms with E-state index in [4.69, 9.17) is 4.74 Å². The number of carbonyl (C=O) groups is 1. The molecule has 0 bridgehead atoms. The molecule has 0 aliphatic rings. The van der Waals surface area contributed by atoms with E-state index in [0.717, 1.165) is 16.5 Å². The monoisotopic (exact) mass is 311 g/mol. The lowest BCUT2D eigenvalue weighted by molar-refractivity contribution is 0.134. The van der Waals surface area contributed by atoms with Crippen molar-refractivity contribution in [2.75, 3.05) is 17.2 Å². The van der Waals surface area contributed by atoms with Crippen LogP contribution in [-0.4, -0.2) is 27.8 Å². The molecule has 2 amide bonds. The molecule has 7 heteroatoms. The van der Waals surface area contributed by atoms with Gasteiger partial charge in [0, 0.05) is 24.7 Å². The van der Waals surface area contributed by atoms with Crippen LogP contribution in [0.25, 0.3) is 10.9 Å². The van der Waals surface area contributed by atoms with Crippen LogP contribution in [0, 0.1) is 0 Å². The SMILES string of the molecule is CCOCc1ccc(NC(=O)Nc2n[nH]c3ccncc23)cc1. The second-order valence-corrected chi connectivity index (χ2v) is 4.91. The lowest BCUT2D eigenvalue weighted by Gasteiger charge is -2.07. The maximum absolute atomic E-state index is 12.1. The molecular formula is C16H17N5O2. The van der Waals surface area contributed by atoms with Gasteiger partial charge in [0.05, 0.1) is 17.5 Å². The first-order valence-electron chi connectivity index (χ1n) is 7.29. The minimum atomic E-state index is -0.361. The largest absolute Gasteiger partial charge is 0.377 e. The molecule has 23 heavy (non-hydrogen) atoms. The molecule has 0 aliphatic carbocycles. The summed E-state index contributed by atoms with van der Waals surface area (Å²) in [5, 5.41) is 13.1. The lowest BCUT2D eigenvalue weighted by Crippen LogP contribution is -2.19. The molecule has 7 nitrogen and oxygen atoms in total. The van der Waals surface area contributed by atoms with E-state index in [1.165, 1.54) is 0 Å². The summed E-state index contributed by atoms with van der Waals surface area (Å²) in [6.45, 7) is 3.19. The summed E-state index contributed by atoms with van der Waals surface area (Å²) in [4.78, 5) is 16.1. The smallest absolute Gasteiger partial charge is 0.324 e. The van der Waals surface area contributed by atoms with Gasteiger partial charge in [0.1, 0.15) is 0 Å². The molecule has 3 rings (SSSR count). The van der Waals surface area contributed by atoms with Crippen molar-refractivity contribution in [2.24, 2.45) is 0 Å². The number of fused-ring (bicyclic) bond motifs is 1. The van der Waals surface area contributed by atoms with Crippen LogP contribution in [0.3, 0.4) is 0 Å². The molecule has 118 valence electrons. The van der Waals surface area contributed by atoms with E-state index in [2.05, 4.69) is 25.8 Å². The summed E-state index contributed by atoms with van der Waals surface area (Å²) < 4.78 is 5.33. The fraction of sp³-hybridized carbons (Fsp3) is 0.188. The van der Waals surface area contributed by atoms with E-state index < -0.39 is 0 Å². The highest BCUT2D eigenvalue weighted by atomic mass is 16.5. The third-order valence-corrected chi connectivity index (χ3v) is 3.28. The molecule has 0 unspecified atom stereocenters. The number of hydrogen-bond acceptors (Lipinski definition) is 4. The zero-order valence-corrected chi connectivity index (χ0v) is 12.7. The number of anilines is 2. The Hall–Kier alpha value is -2.93. The van der Waals surface area contributed by atoms with Gasteiger partial charge in [-0.15, -0.1) is 0 Å². The average molecular weight is 311 g/mol. The number of urea groups is 1. The molecule has 1 aromatic carbocycles. The molecule has 2 aromatic heterocycles. The Kier molecular flexibility index (Phi) is 4.49. The quantitative estimate of drug-likeness (QED) is 0.675. The number of aromatic amines is 1. The number of H-pyrrole nitrogens is 1. The van der Waals surface area contributed by atoms with E-state index in [1.54, 1.807) is 18.5 Å². The Labute approximate surface area is 133 Å². The fourth-order valence-electron chi connectivity index (χ4n) is 2.13. The van der Waals surface area contributed by atoms with Crippen molar-refractivity contribution in [1.29, 1.82) is 0 Å². The Morgan fingerprint density at radius 1 is 1.22 bits per heavy atom. The Bertz CT molecular complexity index is 798. The molecule has 2 heterocycles. The topological polar surface area (TPSA) is 91.9 Å². The molecular weight excluding hydrogens is 294 g/mol. The predicted octanol–water partition coefficient (Wildman–Crippen LogP) is 3.14. The van der Waals surface area contributed by atoms with E-state index in [0.29, 0.717) is 24.7 Å². The molecule has 0 atom stereocenters. The number of nitrogens with one attached hydrogen (secondary N) is 3. The number of hydrogen-bond donors (Lipinski definition) is 3. The predicted molar refractivity (Wildman–Crippen MR) is 88.3 cm³/mol. The highest BCUT2D eigenvalue weighted by molar-refractivity contribution is 6.04. The average Bonchev–Trinajstić information content (AvgIpc) is 2.97. The maximum Gasteiger partial charge on any atom is 0.324 e. The minimum absolute atomic E-state index is 0.361. The van der Waals surface area contributed by atoms with E-state index in [-0.39, 0.29) is 6.03 Å². The van der Waals surface area contributed by atoms with Gasteiger partial charge in [-0.2, -0.15) is 5.10 Å². The number of pyridine rings is 1. The first-order valence-corrected chi connectivity index (χ1v) is 7.29. The van der Waals surface area contributed by atoms with Crippen molar-refractivity contribution in [3.63, 3.8) is 0 Å². The van der Waals surface area contributed by atoms with Gasteiger partial charge < -0.3 is 10.1 Å². The Balaban J connectivity index is 1.63. The van der Waals surface area contributed by atoms with Crippen molar-refractivity contribution in [1.82, 2.24) is 15.2 Å². The molecule has 0 spiro atoms. The van der Waals surface area contributed by atoms with Gasteiger partial charge in [-0.05, 0) is 30.7 Å². The molecule has 0 saturated heterocycles. The molecule has 3 N–H and O–H groups in total. The first kappa shape index (κ1) is 15.0. The van der Waals surface area contributed by atoms with Crippen molar-refractivity contribution in [3.05, 3.63) is 48.3 Å². The van der Waals surface area contributed by atoms with Crippen LogP contribution in [0.5, 0.6) is 0 Å². The standard InChI is InChI=1S/C16H17N5O2/c1-2-23-10-11-3-5-12(6-4-11)18-16(22)19-15-13-9-17-8-7-14(13)20-21-15/h3-9H,2,10H2,1H3,(H3,18,19,20,21,22). The van der Waals surface area contributed by atoms with Gasteiger partial charge in [-0.25, -0.2) is 4.79 Å². The van der Waals surface area contributed by atoms with Gasteiger partial charge in [-0.1, -0.05) is 12.1 Å². The molecule has 0 saturated carbocycles. The number of amides is 2.